The Morgan fingerprint density at radius 1 is 1.47 bits per heavy atom. The van der Waals surface area contributed by atoms with Gasteiger partial charge in [0.15, 0.2) is 11.5 Å². The Morgan fingerprint density at radius 3 is 2.95 bits per heavy atom. The van der Waals surface area contributed by atoms with E-state index in [1.165, 1.54) is 0 Å². The maximum absolute atomic E-state index is 6.03. The van der Waals surface area contributed by atoms with Crippen LogP contribution in [0, 0.1) is 0 Å². The fraction of sp³-hybridized carbons (Fsp3) is 0.571. The SMILES string of the molecule is CCOc1cc(CCl)cc(Br)c1OC1CCCOC1. The maximum atomic E-state index is 6.03. The van der Waals surface area contributed by atoms with Crippen LogP contribution in [0.5, 0.6) is 11.5 Å². The number of rotatable bonds is 5. The Morgan fingerprint density at radius 2 is 2.32 bits per heavy atom. The molecule has 106 valence electrons. The molecule has 5 heteroatoms. The van der Waals surface area contributed by atoms with Gasteiger partial charge in [-0.05, 0) is 53.4 Å². The van der Waals surface area contributed by atoms with Gasteiger partial charge in [0, 0.05) is 12.5 Å². The molecule has 1 heterocycles. The van der Waals surface area contributed by atoms with Gasteiger partial charge in [0.1, 0.15) is 6.10 Å². The molecule has 1 aromatic rings. The summed E-state index contributed by atoms with van der Waals surface area (Å²) in [7, 11) is 0. The molecule has 1 unspecified atom stereocenters. The number of alkyl halides is 1. The van der Waals surface area contributed by atoms with Gasteiger partial charge in [-0.2, -0.15) is 0 Å². The van der Waals surface area contributed by atoms with Gasteiger partial charge in [-0.25, -0.2) is 0 Å². The van der Waals surface area contributed by atoms with Crippen molar-refractivity contribution in [3.05, 3.63) is 22.2 Å². The molecule has 0 aromatic heterocycles. The predicted octanol–water partition coefficient (Wildman–Crippen LogP) is 4.14. The summed E-state index contributed by atoms with van der Waals surface area (Å²) in [4.78, 5) is 0. The molecule has 0 N–H and O–H groups in total. The third-order valence-electron chi connectivity index (χ3n) is 2.93. The Labute approximate surface area is 127 Å². The molecule has 2 rings (SSSR count). The zero-order valence-electron chi connectivity index (χ0n) is 11.0. The summed E-state index contributed by atoms with van der Waals surface area (Å²) in [5.41, 5.74) is 1.00. The molecular formula is C14H18BrClO3. The van der Waals surface area contributed by atoms with E-state index in [0.29, 0.717) is 19.1 Å². The maximum Gasteiger partial charge on any atom is 0.175 e. The smallest absolute Gasteiger partial charge is 0.175 e. The van der Waals surface area contributed by atoms with Crippen LogP contribution in [0.15, 0.2) is 16.6 Å². The summed E-state index contributed by atoms with van der Waals surface area (Å²) < 4.78 is 18.0. The molecule has 1 aliphatic rings. The fourth-order valence-corrected chi connectivity index (χ4v) is 2.78. The Bertz CT molecular complexity index is 419. The first kappa shape index (κ1) is 14.9. The highest BCUT2D eigenvalue weighted by Gasteiger charge is 2.20. The third-order valence-corrected chi connectivity index (χ3v) is 3.82. The van der Waals surface area contributed by atoms with E-state index < -0.39 is 0 Å². The zero-order chi connectivity index (χ0) is 13.7. The molecule has 0 radical (unpaired) electrons. The highest BCUT2D eigenvalue weighted by molar-refractivity contribution is 9.10. The van der Waals surface area contributed by atoms with E-state index in [1.807, 2.05) is 19.1 Å². The fourth-order valence-electron chi connectivity index (χ4n) is 2.05. The average molecular weight is 350 g/mol. The van der Waals surface area contributed by atoms with Gasteiger partial charge in [-0.1, -0.05) is 0 Å². The quantitative estimate of drug-likeness (QED) is 0.748. The van der Waals surface area contributed by atoms with Gasteiger partial charge in [-0.3, -0.25) is 0 Å². The van der Waals surface area contributed by atoms with E-state index in [1.54, 1.807) is 0 Å². The second kappa shape index (κ2) is 7.36. The van der Waals surface area contributed by atoms with Gasteiger partial charge in [0.05, 0.1) is 17.7 Å². The van der Waals surface area contributed by atoms with Gasteiger partial charge in [0.2, 0.25) is 0 Å². The van der Waals surface area contributed by atoms with Crippen molar-refractivity contribution in [1.29, 1.82) is 0 Å². The number of hydrogen-bond acceptors (Lipinski definition) is 3. The molecule has 0 saturated carbocycles. The number of hydrogen-bond donors (Lipinski definition) is 0. The largest absolute Gasteiger partial charge is 0.490 e. The Kier molecular flexibility index (Phi) is 5.79. The van der Waals surface area contributed by atoms with Crippen LogP contribution in [0.2, 0.25) is 0 Å². The van der Waals surface area contributed by atoms with Crippen LogP contribution in [0.1, 0.15) is 25.3 Å². The first-order chi connectivity index (χ1) is 9.24. The van der Waals surface area contributed by atoms with E-state index in [4.69, 9.17) is 25.8 Å². The van der Waals surface area contributed by atoms with E-state index in [2.05, 4.69) is 15.9 Å². The van der Waals surface area contributed by atoms with E-state index >= 15 is 0 Å². The Balaban J connectivity index is 2.20. The zero-order valence-corrected chi connectivity index (χ0v) is 13.3. The van der Waals surface area contributed by atoms with Crippen molar-refractivity contribution in [1.82, 2.24) is 0 Å². The van der Waals surface area contributed by atoms with Crippen LogP contribution in [-0.4, -0.2) is 25.9 Å². The molecule has 0 spiro atoms. The first-order valence-electron chi connectivity index (χ1n) is 6.50. The molecule has 0 amide bonds. The number of halogens is 2. The standard InChI is InChI=1S/C14H18BrClO3/c1-2-18-13-7-10(8-16)6-12(15)14(13)19-11-4-3-5-17-9-11/h6-7,11H,2-5,8-9H2,1H3. The summed E-state index contributed by atoms with van der Waals surface area (Å²) in [5, 5.41) is 0. The minimum atomic E-state index is 0.0890. The molecular weight excluding hydrogens is 332 g/mol. The summed E-state index contributed by atoms with van der Waals surface area (Å²) in [6, 6.07) is 3.90. The molecule has 0 aliphatic carbocycles. The van der Waals surface area contributed by atoms with Crippen molar-refractivity contribution in [3.63, 3.8) is 0 Å². The lowest BCUT2D eigenvalue weighted by atomic mass is 10.1. The molecule has 3 nitrogen and oxygen atoms in total. The van der Waals surface area contributed by atoms with Crippen LogP contribution < -0.4 is 9.47 Å². The number of ether oxygens (including phenoxy) is 3. The van der Waals surface area contributed by atoms with E-state index in [9.17, 15) is 0 Å². The van der Waals surface area contributed by atoms with Gasteiger partial charge < -0.3 is 14.2 Å². The van der Waals surface area contributed by atoms with Crippen molar-refractivity contribution in [2.24, 2.45) is 0 Å². The topological polar surface area (TPSA) is 27.7 Å². The molecule has 1 aliphatic heterocycles. The lowest BCUT2D eigenvalue weighted by Crippen LogP contribution is -2.28. The highest BCUT2D eigenvalue weighted by atomic mass is 79.9. The van der Waals surface area contributed by atoms with Crippen molar-refractivity contribution >= 4 is 27.5 Å². The predicted molar refractivity (Wildman–Crippen MR) is 79.3 cm³/mol. The van der Waals surface area contributed by atoms with Crippen LogP contribution in [0.3, 0.4) is 0 Å². The summed E-state index contributed by atoms with van der Waals surface area (Å²) in [6.07, 6.45) is 2.13. The van der Waals surface area contributed by atoms with Crippen LogP contribution >= 0.6 is 27.5 Å². The highest BCUT2D eigenvalue weighted by Crippen LogP contribution is 2.38. The van der Waals surface area contributed by atoms with Crippen molar-refractivity contribution < 1.29 is 14.2 Å². The second-order valence-electron chi connectivity index (χ2n) is 4.43. The normalized spacial score (nSPS) is 19.2. The lowest BCUT2D eigenvalue weighted by Gasteiger charge is -2.25. The van der Waals surface area contributed by atoms with Gasteiger partial charge in [-0.15, -0.1) is 11.6 Å². The Hall–Kier alpha value is -0.450. The van der Waals surface area contributed by atoms with Crippen molar-refractivity contribution in [2.45, 2.75) is 31.7 Å². The van der Waals surface area contributed by atoms with E-state index in [0.717, 1.165) is 41.0 Å². The second-order valence-corrected chi connectivity index (χ2v) is 5.55. The molecule has 1 saturated heterocycles. The average Bonchev–Trinajstić information content (AvgIpc) is 2.43. The van der Waals surface area contributed by atoms with Gasteiger partial charge in [0.25, 0.3) is 0 Å². The van der Waals surface area contributed by atoms with Gasteiger partial charge >= 0.3 is 0 Å². The lowest BCUT2D eigenvalue weighted by molar-refractivity contribution is 0.00590. The molecule has 1 aromatic carbocycles. The summed E-state index contributed by atoms with van der Waals surface area (Å²) in [5.74, 6) is 1.93. The molecule has 19 heavy (non-hydrogen) atoms. The van der Waals surface area contributed by atoms with Crippen LogP contribution in [0.4, 0.5) is 0 Å². The monoisotopic (exact) mass is 348 g/mol. The van der Waals surface area contributed by atoms with Crippen LogP contribution in [-0.2, 0) is 10.6 Å². The minimum absolute atomic E-state index is 0.0890. The molecule has 1 atom stereocenters. The van der Waals surface area contributed by atoms with E-state index in [-0.39, 0.29) is 6.10 Å². The minimum Gasteiger partial charge on any atom is -0.490 e. The summed E-state index contributed by atoms with van der Waals surface area (Å²) in [6.45, 7) is 4.00. The molecule has 0 bridgehead atoms. The van der Waals surface area contributed by atoms with Crippen molar-refractivity contribution in [3.8, 4) is 11.5 Å². The van der Waals surface area contributed by atoms with Crippen LogP contribution in [0.25, 0.3) is 0 Å². The first-order valence-corrected chi connectivity index (χ1v) is 7.83. The third kappa shape index (κ3) is 4.01. The molecule has 1 fully saturated rings. The summed E-state index contributed by atoms with van der Waals surface area (Å²) >= 11 is 9.41. The van der Waals surface area contributed by atoms with Crippen molar-refractivity contribution in [2.75, 3.05) is 19.8 Å². The number of benzene rings is 1.